The molecule has 19 heteroatoms. The van der Waals surface area contributed by atoms with Crippen molar-refractivity contribution >= 4 is 29.4 Å². The minimum atomic E-state index is -2.51. The number of aliphatic hydroxyl groups is 6. The topological polar surface area (TPSA) is 292 Å². The Morgan fingerprint density at radius 1 is 1.00 bits per heavy atom. The Kier molecular flexibility index (Phi) is 11.8. The van der Waals surface area contributed by atoms with Crippen LogP contribution in [0.4, 0.5) is 5.69 Å². The number of hydrogen-bond donors (Lipinski definition) is 10. The molecule has 1 spiro atoms. The van der Waals surface area contributed by atoms with Gasteiger partial charge in [-0.05, 0) is 67.2 Å². The molecule has 64 heavy (non-hydrogen) atoms. The van der Waals surface area contributed by atoms with Crippen molar-refractivity contribution in [3.63, 3.8) is 0 Å². The molecule has 11 N–H and O–H groups in total. The zero-order valence-electron chi connectivity index (χ0n) is 34.6. The zero-order valence-corrected chi connectivity index (χ0v) is 34.6. The van der Waals surface area contributed by atoms with Crippen molar-refractivity contribution in [2.24, 2.45) is 5.73 Å². The first-order valence-corrected chi connectivity index (χ1v) is 21.4. The Hall–Kier alpha value is -5.32. The van der Waals surface area contributed by atoms with E-state index in [0.29, 0.717) is 48.8 Å². The fourth-order valence-corrected chi connectivity index (χ4v) is 10.1. The maximum atomic E-state index is 14.8. The highest BCUT2D eigenvalue weighted by molar-refractivity contribution is 6.29. The molecule has 19 nitrogen and oxygen atoms in total. The van der Waals surface area contributed by atoms with Crippen molar-refractivity contribution in [3.8, 4) is 11.5 Å². The lowest BCUT2D eigenvalue weighted by Gasteiger charge is -2.51. The lowest BCUT2D eigenvalue weighted by atomic mass is 9.78. The van der Waals surface area contributed by atoms with Gasteiger partial charge in [0.25, 0.3) is 0 Å². The van der Waals surface area contributed by atoms with Crippen molar-refractivity contribution in [2.75, 3.05) is 24.8 Å². The smallest absolute Gasteiger partial charge is 0.242 e. The summed E-state index contributed by atoms with van der Waals surface area (Å²) in [6.45, 7) is -1.53. The number of amides is 1. The minimum Gasteiger partial charge on any atom is -0.492 e. The van der Waals surface area contributed by atoms with E-state index >= 15 is 0 Å². The van der Waals surface area contributed by atoms with Crippen LogP contribution >= 0.6 is 0 Å². The molecular weight excluding hydrogens is 835 g/mol. The molecule has 2 bridgehead atoms. The number of carbonyl (C=O) groups excluding carboxylic acids is 4. The van der Waals surface area contributed by atoms with Gasteiger partial charge in [-0.15, -0.1) is 0 Å². The average Bonchev–Trinajstić information content (AvgIpc) is 3.94. The molecule has 2 aliphatic carbocycles. The Morgan fingerprint density at radius 3 is 2.53 bits per heavy atom. The molecule has 4 aliphatic heterocycles. The Balaban J connectivity index is 1.32. The average molecular weight is 886 g/mol. The van der Waals surface area contributed by atoms with Gasteiger partial charge in [0, 0.05) is 53.3 Å². The molecule has 10 atom stereocenters. The van der Waals surface area contributed by atoms with Gasteiger partial charge in [-0.3, -0.25) is 30.8 Å². The second-order valence-corrected chi connectivity index (χ2v) is 17.2. The van der Waals surface area contributed by atoms with Gasteiger partial charge in [0.05, 0.1) is 31.2 Å². The van der Waals surface area contributed by atoms with E-state index in [0.717, 1.165) is 0 Å². The molecule has 340 valence electrons. The number of aliphatic hydroxyl groups excluding tert-OH is 5. The van der Waals surface area contributed by atoms with Crippen LogP contribution in [0.1, 0.15) is 93.0 Å². The van der Waals surface area contributed by atoms with Crippen LogP contribution in [0.15, 0.2) is 60.9 Å². The first-order valence-electron chi connectivity index (χ1n) is 21.4. The van der Waals surface area contributed by atoms with Crippen LogP contribution in [0.3, 0.4) is 0 Å². The Morgan fingerprint density at radius 2 is 1.78 bits per heavy atom. The van der Waals surface area contributed by atoms with Crippen LogP contribution in [-0.2, 0) is 25.7 Å². The molecule has 0 unspecified atom stereocenters. The molecule has 6 aliphatic rings. The standard InChI is InChI=1S/C45H51N5O14/c46-43-48-40-32(41(59)49-43)47-21-50(40)30-6-2-1-5-25(30)24-10-16-62-44(11-3-4-12-44)39-35(57)38(58)45(60,13-15-52)42(64-39)63-36-28(24)18-29-31(37(36)61-20-23(54)9-14-51)34(56)27-17-22(19-53)7-8-26(27)33(29)55/h1-2,5-8,10,14,16-18,23-24,32,35,38-40,42-43,47-48,52-54,57-58,60H,3-4,9,11-13,15,19-21,46H2,(H,49,59)/b16-10+/t23-,24+,32+,35-,38-,39-,40-,42+,43+,45+/m1/s1. The lowest BCUT2D eigenvalue weighted by Crippen LogP contribution is -2.71. The predicted octanol–water partition coefficient (Wildman–Crippen LogP) is -0.766. The largest absolute Gasteiger partial charge is 0.492 e. The number of anilines is 1. The third kappa shape index (κ3) is 7.25. The number of nitrogens with two attached hydrogens (primary N) is 1. The fourth-order valence-electron chi connectivity index (χ4n) is 10.1. The molecule has 4 heterocycles. The number of ether oxygens (including phenoxy) is 4. The van der Waals surface area contributed by atoms with Gasteiger partial charge in [-0.25, -0.2) is 0 Å². The number of ketones is 2. The van der Waals surface area contributed by atoms with Gasteiger partial charge in [-0.1, -0.05) is 24.3 Å². The van der Waals surface area contributed by atoms with Gasteiger partial charge in [0.15, 0.2) is 28.7 Å². The summed E-state index contributed by atoms with van der Waals surface area (Å²) in [5.74, 6) is -3.28. The van der Waals surface area contributed by atoms with Crippen LogP contribution < -0.4 is 36.1 Å². The SMILES string of the molecule is N[C@@H]1NC(=O)[C@H]2NCN(c3ccccc3[C@@H]3/C=C/OC4(CCCC4)[C@@H]4O[C@H](Oc5c3cc3c(c5OC[C@H](O)CC=O)C(=O)c5cc(CO)ccc5C3=O)[C@](O)(CCO)[C@H](O)[C@H]4O)[C@H]2N1. The molecule has 4 fully saturated rings. The van der Waals surface area contributed by atoms with E-state index in [9.17, 15) is 49.8 Å². The van der Waals surface area contributed by atoms with Gasteiger partial charge in [0.2, 0.25) is 12.2 Å². The number of aldehydes is 1. The minimum absolute atomic E-state index is 0.0400. The number of carbonyl (C=O) groups is 4. The van der Waals surface area contributed by atoms with Crippen LogP contribution in [0.5, 0.6) is 11.5 Å². The van der Waals surface area contributed by atoms with Crippen LogP contribution in [0.25, 0.3) is 0 Å². The van der Waals surface area contributed by atoms with Crippen molar-refractivity contribution in [3.05, 3.63) is 99.8 Å². The Labute approximate surface area is 366 Å². The summed E-state index contributed by atoms with van der Waals surface area (Å²) in [6.07, 6.45) is -5.04. The second kappa shape index (κ2) is 17.2. The molecule has 0 aromatic heterocycles. The van der Waals surface area contributed by atoms with Gasteiger partial charge in [-0.2, -0.15) is 0 Å². The van der Waals surface area contributed by atoms with Gasteiger partial charge in [0.1, 0.15) is 55.3 Å². The highest BCUT2D eigenvalue weighted by atomic mass is 16.7. The van der Waals surface area contributed by atoms with Gasteiger partial charge >= 0.3 is 0 Å². The Bertz CT molecular complexity index is 2370. The number of hydrogen-bond acceptors (Lipinski definition) is 18. The molecule has 9 rings (SSSR count). The number of rotatable bonds is 10. The van der Waals surface area contributed by atoms with E-state index in [4.69, 9.17) is 24.7 Å². The third-order valence-corrected chi connectivity index (χ3v) is 13.4. The normalized spacial score (nSPS) is 31.3. The van der Waals surface area contributed by atoms with Gasteiger partial charge < -0.3 is 64.6 Å². The molecular formula is C45H51N5O14. The first-order chi connectivity index (χ1) is 30.8. The number of nitrogens with one attached hydrogen (secondary N) is 3. The molecule has 3 aromatic rings. The van der Waals surface area contributed by atoms with E-state index in [2.05, 4.69) is 16.0 Å². The molecule has 3 aromatic carbocycles. The maximum absolute atomic E-state index is 14.8. The third-order valence-electron chi connectivity index (χ3n) is 13.4. The monoisotopic (exact) mass is 885 g/mol. The first kappa shape index (κ1) is 43.9. The van der Waals surface area contributed by atoms with Crippen molar-refractivity contribution in [1.82, 2.24) is 16.0 Å². The van der Waals surface area contributed by atoms with E-state index in [1.54, 1.807) is 18.2 Å². The summed E-state index contributed by atoms with van der Waals surface area (Å²) >= 11 is 0. The summed E-state index contributed by atoms with van der Waals surface area (Å²) in [4.78, 5) is 56.1. The van der Waals surface area contributed by atoms with Crippen molar-refractivity contribution in [1.29, 1.82) is 0 Å². The molecule has 0 radical (unpaired) electrons. The summed E-state index contributed by atoms with van der Waals surface area (Å²) in [6, 6.07) is 12.3. The van der Waals surface area contributed by atoms with Crippen molar-refractivity contribution in [2.45, 2.75) is 111 Å². The quantitative estimate of drug-likeness (QED) is 0.0876. The van der Waals surface area contributed by atoms with E-state index < -0.39 is 104 Å². The van der Waals surface area contributed by atoms with Crippen LogP contribution in [0.2, 0.25) is 0 Å². The van der Waals surface area contributed by atoms with Crippen LogP contribution in [-0.4, -0.2) is 135 Å². The van der Waals surface area contributed by atoms with E-state index in [1.807, 2.05) is 17.0 Å². The highest BCUT2D eigenvalue weighted by Gasteiger charge is 2.62. The highest BCUT2D eigenvalue weighted by Crippen LogP contribution is 2.52. The fraction of sp³-hybridized carbons (Fsp3) is 0.467. The molecule has 3 saturated heterocycles. The van der Waals surface area contributed by atoms with Crippen LogP contribution in [0, 0.1) is 0 Å². The number of para-hydroxylation sites is 1. The number of fused-ring (bicyclic) bond motifs is 7. The summed E-state index contributed by atoms with van der Waals surface area (Å²) in [5, 5.41) is 76.2. The molecule has 1 amide bonds. The zero-order chi connectivity index (χ0) is 45.1. The summed E-state index contributed by atoms with van der Waals surface area (Å²) in [7, 11) is 0. The van der Waals surface area contributed by atoms with Crippen molar-refractivity contribution < 1.29 is 68.8 Å². The number of nitrogens with zero attached hydrogens (tertiary/aromatic N) is 1. The molecule has 1 saturated carbocycles. The summed E-state index contributed by atoms with van der Waals surface area (Å²) in [5.41, 5.74) is 3.62. The lowest BCUT2D eigenvalue weighted by molar-refractivity contribution is -0.342. The van der Waals surface area contributed by atoms with E-state index in [1.165, 1.54) is 30.5 Å². The predicted molar refractivity (Wildman–Crippen MR) is 223 cm³/mol. The second-order valence-electron chi connectivity index (χ2n) is 17.2. The summed E-state index contributed by atoms with van der Waals surface area (Å²) < 4.78 is 26.3. The maximum Gasteiger partial charge on any atom is 0.242 e. The number of benzene rings is 3. The number of allylic oxidation sites excluding steroid dienone is 1. The van der Waals surface area contributed by atoms with E-state index in [-0.39, 0.29) is 58.3 Å².